The Balaban J connectivity index is 1.97. The summed E-state index contributed by atoms with van der Waals surface area (Å²) in [5.74, 6) is 0. The minimum Gasteiger partial charge on any atom is -0.378 e. The van der Waals surface area contributed by atoms with Crippen LogP contribution in [0.5, 0.6) is 0 Å². The molecule has 1 aliphatic rings. The van der Waals surface area contributed by atoms with Gasteiger partial charge >= 0.3 is 0 Å². The van der Waals surface area contributed by atoms with Crippen molar-refractivity contribution < 1.29 is 28.0 Å². The summed E-state index contributed by atoms with van der Waals surface area (Å²) in [4.78, 5) is 3.29. The summed E-state index contributed by atoms with van der Waals surface area (Å²) in [6.45, 7) is 0. The molecule has 1 unspecified atom stereocenters. The average Bonchev–Trinajstić information content (AvgIpc) is 2.74. The number of allylic oxidation sites excluding steroid dienone is 1. The number of hydrogen-bond acceptors (Lipinski definition) is 5. The molecule has 0 fully saturated rings. The zero-order valence-electron chi connectivity index (χ0n) is 16.4. The van der Waals surface area contributed by atoms with Crippen LogP contribution in [-0.4, -0.2) is 19.0 Å². The van der Waals surface area contributed by atoms with Crippen LogP contribution in [-0.2, 0) is 3.74 Å². The molecule has 0 aliphatic carbocycles. The number of nitrogens with zero attached hydrogens (tertiary/aromatic N) is 1. The van der Waals surface area contributed by atoms with Crippen molar-refractivity contribution in [2.24, 2.45) is 0 Å². The Bertz CT molecular complexity index is 1120. The predicted octanol–water partition coefficient (Wildman–Crippen LogP) is 1.88. The van der Waals surface area contributed by atoms with Crippen LogP contribution in [0.2, 0.25) is 0 Å². The van der Waals surface area contributed by atoms with Crippen LogP contribution in [0.25, 0.3) is 5.57 Å². The number of hydrogen-bond donors (Lipinski definition) is 0. The van der Waals surface area contributed by atoms with E-state index in [0.29, 0.717) is 9.76 Å². The molecule has 0 spiro atoms. The van der Waals surface area contributed by atoms with Gasteiger partial charge in [-0.05, 0) is 46.5 Å². The van der Waals surface area contributed by atoms with Crippen molar-refractivity contribution in [3.05, 3.63) is 102 Å². The number of halogens is 1. The second kappa shape index (κ2) is 8.35. The molecule has 0 aromatic heterocycles. The highest BCUT2D eigenvalue weighted by atomic mass is 35.7. The van der Waals surface area contributed by atoms with Gasteiger partial charge in [0.1, 0.15) is 14.5 Å². The second-order valence-electron chi connectivity index (χ2n) is 6.94. The van der Waals surface area contributed by atoms with Crippen molar-refractivity contribution >= 4 is 26.9 Å². The van der Waals surface area contributed by atoms with Crippen LogP contribution < -0.4 is 18.9 Å². The fraction of sp³-hybridized carbons (Fsp3) is 0.0870. The summed E-state index contributed by atoms with van der Waals surface area (Å²) < 4.78 is 39.7. The maximum Gasteiger partial charge on any atom is 0.148 e. The molecule has 1 aliphatic heterocycles. The predicted molar refractivity (Wildman–Crippen MR) is 112 cm³/mol. The Labute approximate surface area is 180 Å². The van der Waals surface area contributed by atoms with E-state index in [2.05, 4.69) is 0 Å². The standard InChI is InChI=1S/C23H20ClNO4S/c1-25(2)19-14-12-18(13-15-19)23-16-21(17-8-4-3-5-9-17)20-10-6-7-11-22(20)30(23)29-24(26,27)28/h3-16H,1-2H3. The van der Waals surface area contributed by atoms with E-state index in [1.54, 1.807) is 0 Å². The normalized spacial score (nSPS) is 16.1. The minimum absolute atomic E-state index is 0.643. The molecule has 0 saturated heterocycles. The molecule has 1 atom stereocenters. The highest BCUT2D eigenvalue weighted by molar-refractivity contribution is 8.12. The molecule has 0 radical (unpaired) electrons. The van der Waals surface area contributed by atoms with Crippen molar-refractivity contribution in [2.75, 3.05) is 19.0 Å². The fourth-order valence-corrected chi connectivity index (χ4v) is 5.90. The molecule has 5 nitrogen and oxygen atoms in total. The van der Waals surface area contributed by atoms with Crippen molar-refractivity contribution in [1.82, 2.24) is 0 Å². The van der Waals surface area contributed by atoms with Crippen LogP contribution >= 0.6 is 10.8 Å². The Morgan fingerprint density at radius 2 is 1.40 bits per heavy atom. The van der Waals surface area contributed by atoms with Gasteiger partial charge in [0.05, 0.1) is 20.0 Å². The van der Waals surface area contributed by atoms with Crippen LogP contribution in [0.1, 0.15) is 16.7 Å². The first-order valence-electron chi connectivity index (χ1n) is 9.20. The van der Waals surface area contributed by atoms with Gasteiger partial charge in [0.15, 0.2) is 0 Å². The summed E-state index contributed by atoms with van der Waals surface area (Å²) in [6.07, 6.45) is 1.92. The third kappa shape index (κ3) is 4.34. The lowest BCUT2D eigenvalue weighted by atomic mass is 9.95. The first kappa shape index (κ1) is 20.8. The Kier molecular flexibility index (Phi) is 5.79. The van der Waals surface area contributed by atoms with E-state index in [-0.39, 0.29) is 0 Å². The van der Waals surface area contributed by atoms with E-state index in [1.807, 2.05) is 104 Å². The van der Waals surface area contributed by atoms with E-state index in [4.69, 9.17) is 3.74 Å². The van der Waals surface area contributed by atoms with E-state index in [0.717, 1.165) is 28.0 Å². The average molecular weight is 442 g/mol. The van der Waals surface area contributed by atoms with Crippen LogP contribution in [0.15, 0.2) is 89.8 Å². The minimum atomic E-state index is -4.60. The lowest BCUT2D eigenvalue weighted by molar-refractivity contribution is -1.91. The van der Waals surface area contributed by atoms with E-state index in [1.165, 1.54) is 0 Å². The molecule has 30 heavy (non-hydrogen) atoms. The van der Waals surface area contributed by atoms with Crippen LogP contribution in [0.3, 0.4) is 0 Å². The zero-order valence-corrected chi connectivity index (χ0v) is 18.0. The molecular weight excluding hydrogens is 422 g/mol. The molecule has 1 heterocycles. The van der Waals surface area contributed by atoms with Gasteiger partial charge in [0, 0.05) is 19.8 Å². The molecule has 3 aromatic carbocycles. The van der Waals surface area contributed by atoms with Gasteiger partial charge in [-0.3, -0.25) is 0 Å². The van der Waals surface area contributed by atoms with E-state index >= 15 is 0 Å². The molecule has 0 N–H and O–H groups in total. The second-order valence-corrected chi connectivity index (χ2v) is 9.61. The van der Waals surface area contributed by atoms with Gasteiger partial charge in [-0.25, -0.2) is 0 Å². The smallest absolute Gasteiger partial charge is 0.148 e. The maximum atomic E-state index is 11.5. The molecule has 4 rings (SSSR count). The Hall–Kier alpha value is -2.45. The van der Waals surface area contributed by atoms with E-state index in [9.17, 15) is 14.0 Å². The third-order valence-electron chi connectivity index (χ3n) is 4.75. The summed E-state index contributed by atoms with van der Waals surface area (Å²) >= 11 is 0. The lowest BCUT2D eigenvalue weighted by Gasteiger charge is -2.23. The van der Waals surface area contributed by atoms with Gasteiger partial charge in [0.2, 0.25) is 0 Å². The third-order valence-corrected chi connectivity index (χ3v) is 7.37. The molecule has 7 heteroatoms. The first-order valence-corrected chi connectivity index (χ1v) is 11.6. The molecular formula is C23H20ClNO4S. The highest BCUT2D eigenvalue weighted by Gasteiger charge is 2.32. The summed E-state index contributed by atoms with van der Waals surface area (Å²) in [7, 11) is -2.08. The highest BCUT2D eigenvalue weighted by Crippen LogP contribution is 2.44. The number of fused-ring (bicyclic) bond motifs is 1. The number of rotatable bonds is 5. The quantitative estimate of drug-likeness (QED) is 0.564. The van der Waals surface area contributed by atoms with Crippen molar-refractivity contribution in [3.63, 3.8) is 0 Å². The van der Waals surface area contributed by atoms with Crippen molar-refractivity contribution in [1.29, 1.82) is 0 Å². The largest absolute Gasteiger partial charge is 0.378 e. The van der Waals surface area contributed by atoms with E-state index < -0.39 is 21.0 Å². The number of anilines is 1. The molecule has 0 amide bonds. The van der Waals surface area contributed by atoms with Gasteiger partial charge in [-0.15, -0.1) is 0 Å². The molecule has 0 saturated carbocycles. The van der Waals surface area contributed by atoms with Crippen LogP contribution in [0, 0.1) is 10.2 Å². The van der Waals surface area contributed by atoms with Gasteiger partial charge in [0.25, 0.3) is 0 Å². The molecule has 3 aromatic rings. The first-order chi connectivity index (χ1) is 14.3. The van der Waals surface area contributed by atoms with Gasteiger partial charge < -0.3 is 4.90 Å². The van der Waals surface area contributed by atoms with Gasteiger partial charge in [-0.1, -0.05) is 60.7 Å². The van der Waals surface area contributed by atoms with Gasteiger partial charge in [-0.2, -0.15) is 14.0 Å². The SMILES string of the molecule is CN(C)c1ccc(C2=S(O[Cl+3]([O-])([O-])[O-])c3ccccc3C(c3ccccc3)=C2)cc1. The lowest BCUT2D eigenvalue weighted by Crippen LogP contribution is -2.60. The van der Waals surface area contributed by atoms with Crippen LogP contribution in [0.4, 0.5) is 5.69 Å². The fourth-order valence-electron chi connectivity index (χ4n) is 3.35. The summed E-state index contributed by atoms with van der Waals surface area (Å²) in [5.41, 5.74) is 4.60. The molecule has 0 bridgehead atoms. The zero-order chi connectivity index (χ0) is 21.3. The number of benzene rings is 3. The Morgan fingerprint density at radius 3 is 2.03 bits per heavy atom. The topological polar surface area (TPSA) is 81.7 Å². The maximum absolute atomic E-state index is 11.5. The summed E-state index contributed by atoms with van der Waals surface area (Å²) in [5, 5.41) is 0. The van der Waals surface area contributed by atoms with Crippen molar-refractivity contribution in [2.45, 2.75) is 4.90 Å². The Morgan fingerprint density at radius 1 is 0.767 bits per heavy atom. The summed E-state index contributed by atoms with van der Waals surface area (Å²) in [6, 6.07) is 25.0. The molecule has 154 valence electrons. The monoisotopic (exact) mass is 441 g/mol. The van der Waals surface area contributed by atoms with Crippen molar-refractivity contribution in [3.8, 4) is 0 Å².